The lowest BCUT2D eigenvalue weighted by molar-refractivity contribution is -0.870. The zero-order chi connectivity index (χ0) is 39.0. The molecule has 0 aromatic carbocycles. The van der Waals surface area contributed by atoms with Gasteiger partial charge in [0.1, 0.15) is 19.8 Å². The Hall–Kier alpha value is -1.81. The van der Waals surface area contributed by atoms with Gasteiger partial charge >= 0.3 is 11.9 Å². The minimum Gasteiger partial charge on any atom is -0.756 e. The third kappa shape index (κ3) is 32.2. The van der Waals surface area contributed by atoms with Crippen LogP contribution in [0.3, 0.4) is 0 Å². The number of rotatable bonds is 36. The van der Waals surface area contributed by atoms with Crippen LogP contribution in [0.2, 0.25) is 0 Å². The number of quaternary nitrogens is 1. The molecule has 10 nitrogen and oxygen atoms in total. The van der Waals surface area contributed by atoms with E-state index in [1.807, 2.05) is 27.2 Å². The van der Waals surface area contributed by atoms with E-state index in [1.165, 1.54) is 77.0 Å². The quantitative estimate of drug-likeness (QED) is 0.0153. The molecule has 3 unspecified atom stereocenters. The predicted molar refractivity (Wildman–Crippen MR) is 212 cm³/mol. The first-order valence-corrected chi connectivity index (χ1v) is 22.3. The van der Waals surface area contributed by atoms with Crippen molar-refractivity contribution >= 4 is 19.8 Å². The molecule has 53 heavy (non-hydrogen) atoms. The standard InChI is InChI=1S/C42H76NO9P/c1-6-8-10-11-12-13-14-18-21-24-28-32-41(44)48-36-38(37-50-53(46,47)49-35-34-43(3,4)5)51-42(45)33-29-25-22-19-16-15-17-20-23-27-31-40-39(52-40)30-26-9-7-2/h15,17,19,22-23,27,38-40H,6-14,16,18,20-21,24-26,28-37H2,1-5H3/b17-15-,22-19-,27-23-/t38-,39?,40?/m1/s1. The smallest absolute Gasteiger partial charge is 0.306 e. The van der Waals surface area contributed by atoms with Gasteiger partial charge in [0.05, 0.1) is 40.0 Å². The van der Waals surface area contributed by atoms with Gasteiger partial charge < -0.3 is 32.6 Å². The van der Waals surface area contributed by atoms with Crippen molar-refractivity contribution in [2.75, 3.05) is 47.5 Å². The number of epoxide rings is 1. The van der Waals surface area contributed by atoms with Crippen molar-refractivity contribution < 1.29 is 46.8 Å². The zero-order valence-electron chi connectivity index (χ0n) is 34.1. The summed E-state index contributed by atoms with van der Waals surface area (Å²) in [5.41, 5.74) is 0. The highest BCUT2D eigenvalue weighted by molar-refractivity contribution is 7.45. The van der Waals surface area contributed by atoms with Gasteiger partial charge in [-0.1, -0.05) is 134 Å². The molecule has 0 amide bonds. The van der Waals surface area contributed by atoms with E-state index in [0.717, 1.165) is 38.5 Å². The Balaban J connectivity index is 2.34. The fourth-order valence-electron chi connectivity index (χ4n) is 5.68. The highest BCUT2D eigenvalue weighted by atomic mass is 31.2. The van der Waals surface area contributed by atoms with E-state index >= 15 is 0 Å². The second kappa shape index (κ2) is 31.4. The van der Waals surface area contributed by atoms with Crippen molar-refractivity contribution in [2.45, 2.75) is 173 Å². The molecule has 1 aliphatic heterocycles. The van der Waals surface area contributed by atoms with E-state index in [9.17, 15) is 19.0 Å². The van der Waals surface area contributed by atoms with Crippen LogP contribution in [0.4, 0.5) is 0 Å². The van der Waals surface area contributed by atoms with Gasteiger partial charge in [0.15, 0.2) is 6.10 Å². The van der Waals surface area contributed by atoms with E-state index in [0.29, 0.717) is 36.1 Å². The number of phosphoric acid groups is 1. The highest BCUT2D eigenvalue weighted by Crippen LogP contribution is 2.38. The summed E-state index contributed by atoms with van der Waals surface area (Å²) >= 11 is 0. The van der Waals surface area contributed by atoms with Crippen LogP contribution < -0.4 is 4.89 Å². The van der Waals surface area contributed by atoms with Gasteiger partial charge in [-0.25, -0.2) is 0 Å². The highest BCUT2D eigenvalue weighted by Gasteiger charge is 2.36. The molecular weight excluding hydrogens is 693 g/mol. The van der Waals surface area contributed by atoms with Crippen LogP contribution in [0.1, 0.15) is 155 Å². The average molecular weight is 770 g/mol. The molecule has 0 bridgehead atoms. The summed E-state index contributed by atoms with van der Waals surface area (Å²) < 4.78 is 39.5. The summed E-state index contributed by atoms with van der Waals surface area (Å²) in [7, 11) is 1.12. The Morgan fingerprint density at radius 2 is 1.26 bits per heavy atom. The summed E-state index contributed by atoms with van der Waals surface area (Å²) in [5, 5.41) is 0. The van der Waals surface area contributed by atoms with Gasteiger partial charge in [-0.2, -0.15) is 0 Å². The van der Waals surface area contributed by atoms with E-state index in [2.05, 4.69) is 44.2 Å². The molecule has 1 fully saturated rings. The van der Waals surface area contributed by atoms with Gasteiger partial charge in [0, 0.05) is 12.8 Å². The number of ether oxygens (including phenoxy) is 3. The first-order valence-electron chi connectivity index (χ1n) is 20.8. The number of carbonyl (C=O) groups excluding carboxylic acids is 2. The SMILES string of the molecule is CCCCCCCCCCCCCC(=O)OC[C@H](COP(=O)([O-])OCC[N+](C)(C)C)OC(=O)CCC/C=C\C/C=C\C/C=C\CC1OC1CCCCC. The summed E-state index contributed by atoms with van der Waals surface area (Å²) in [6.07, 6.45) is 35.0. The number of likely N-dealkylation sites (N-methyl/N-ethyl adjacent to an activating group) is 1. The first-order chi connectivity index (χ1) is 25.5. The molecule has 308 valence electrons. The van der Waals surface area contributed by atoms with Gasteiger partial charge in [0.2, 0.25) is 0 Å². The number of nitrogens with zero attached hydrogens (tertiary/aromatic N) is 1. The van der Waals surface area contributed by atoms with Crippen LogP contribution in [0.25, 0.3) is 0 Å². The molecule has 0 radical (unpaired) electrons. The molecule has 0 aliphatic carbocycles. The maximum absolute atomic E-state index is 12.6. The lowest BCUT2D eigenvalue weighted by Gasteiger charge is -2.28. The number of hydrogen-bond acceptors (Lipinski definition) is 9. The van der Waals surface area contributed by atoms with Crippen molar-refractivity contribution in [1.29, 1.82) is 0 Å². The monoisotopic (exact) mass is 770 g/mol. The van der Waals surface area contributed by atoms with Gasteiger partial charge in [-0.3, -0.25) is 14.2 Å². The van der Waals surface area contributed by atoms with Crippen LogP contribution in [-0.2, 0) is 37.4 Å². The maximum atomic E-state index is 12.6. The van der Waals surface area contributed by atoms with Crippen LogP contribution in [0, 0.1) is 0 Å². The van der Waals surface area contributed by atoms with E-state index < -0.39 is 32.5 Å². The summed E-state index contributed by atoms with van der Waals surface area (Å²) in [6, 6.07) is 0. The van der Waals surface area contributed by atoms with Crippen molar-refractivity contribution in [2.24, 2.45) is 0 Å². The molecule has 1 heterocycles. The van der Waals surface area contributed by atoms with Gasteiger partial charge in [0.25, 0.3) is 7.82 Å². The van der Waals surface area contributed by atoms with Crippen LogP contribution in [-0.4, -0.2) is 82.2 Å². The van der Waals surface area contributed by atoms with Crippen LogP contribution >= 0.6 is 7.82 Å². The predicted octanol–water partition coefficient (Wildman–Crippen LogP) is 9.71. The molecule has 0 aromatic heterocycles. The Kier molecular flexibility index (Phi) is 29.2. The number of carbonyl (C=O) groups is 2. The number of phosphoric ester groups is 1. The number of unbranched alkanes of at least 4 members (excludes halogenated alkanes) is 13. The molecule has 0 saturated carbocycles. The molecule has 1 aliphatic rings. The third-order valence-electron chi connectivity index (χ3n) is 9.09. The maximum Gasteiger partial charge on any atom is 0.306 e. The molecule has 0 N–H and O–H groups in total. The topological polar surface area (TPSA) is 124 Å². The Bertz CT molecular complexity index is 1070. The molecule has 0 aromatic rings. The Morgan fingerprint density at radius 3 is 1.91 bits per heavy atom. The minimum absolute atomic E-state index is 0.0428. The first kappa shape index (κ1) is 49.2. The van der Waals surface area contributed by atoms with Gasteiger partial charge in [-0.05, 0) is 44.9 Å². The second-order valence-corrected chi connectivity index (χ2v) is 16.8. The molecule has 1 saturated heterocycles. The molecule has 0 spiro atoms. The van der Waals surface area contributed by atoms with Crippen molar-refractivity contribution in [3.63, 3.8) is 0 Å². The Labute approximate surface area is 323 Å². The number of esters is 2. The second-order valence-electron chi connectivity index (χ2n) is 15.4. The largest absolute Gasteiger partial charge is 0.756 e. The van der Waals surface area contributed by atoms with Crippen molar-refractivity contribution in [3.8, 4) is 0 Å². The summed E-state index contributed by atoms with van der Waals surface area (Å²) in [6.45, 7) is 4.10. The lowest BCUT2D eigenvalue weighted by Crippen LogP contribution is -2.37. The number of hydrogen-bond donors (Lipinski definition) is 0. The molecule has 11 heteroatoms. The number of allylic oxidation sites excluding steroid dienone is 5. The molecule has 4 atom stereocenters. The fourth-order valence-corrected chi connectivity index (χ4v) is 6.41. The van der Waals surface area contributed by atoms with Crippen molar-refractivity contribution in [1.82, 2.24) is 0 Å². The average Bonchev–Trinajstić information content (AvgIpc) is 3.86. The van der Waals surface area contributed by atoms with Crippen LogP contribution in [0.5, 0.6) is 0 Å². The minimum atomic E-state index is -4.64. The van der Waals surface area contributed by atoms with Crippen LogP contribution in [0.15, 0.2) is 36.5 Å². The third-order valence-corrected chi connectivity index (χ3v) is 10.1. The molecule has 1 rings (SSSR count). The fraction of sp³-hybridized carbons (Fsp3) is 0.810. The zero-order valence-corrected chi connectivity index (χ0v) is 35.0. The van der Waals surface area contributed by atoms with E-state index in [-0.39, 0.29) is 26.1 Å². The Morgan fingerprint density at radius 1 is 0.698 bits per heavy atom. The lowest BCUT2D eigenvalue weighted by atomic mass is 10.1. The van der Waals surface area contributed by atoms with Gasteiger partial charge in [-0.15, -0.1) is 0 Å². The van der Waals surface area contributed by atoms with E-state index in [4.69, 9.17) is 23.3 Å². The van der Waals surface area contributed by atoms with Crippen molar-refractivity contribution in [3.05, 3.63) is 36.5 Å². The summed E-state index contributed by atoms with van der Waals surface area (Å²) in [4.78, 5) is 37.4. The summed E-state index contributed by atoms with van der Waals surface area (Å²) in [5.74, 6) is -0.906. The molecular formula is C42H76NO9P. The van der Waals surface area contributed by atoms with E-state index in [1.54, 1.807) is 0 Å². The normalized spacial score (nSPS) is 17.8.